The first-order valence-corrected chi connectivity index (χ1v) is 10.5. The quantitative estimate of drug-likeness (QED) is 0.696. The zero-order valence-corrected chi connectivity index (χ0v) is 16.0. The predicted octanol–water partition coefficient (Wildman–Crippen LogP) is 0.976. The summed E-state index contributed by atoms with van der Waals surface area (Å²) in [6.45, 7) is 4.45. The van der Waals surface area contributed by atoms with Crippen molar-refractivity contribution in [3.63, 3.8) is 0 Å². The van der Waals surface area contributed by atoms with Gasteiger partial charge in [-0.2, -0.15) is 4.31 Å². The average Bonchev–Trinajstić information content (AvgIpc) is 3.32. The second-order valence-electron chi connectivity index (χ2n) is 7.44. The third-order valence-corrected chi connectivity index (χ3v) is 7.42. The van der Waals surface area contributed by atoms with Crippen molar-refractivity contribution in [3.8, 4) is 0 Å². The van der Waals surface area contributed by atoms with Crippen molar-refractivity contribution in [1.29, 1.82) is 0 Å². The fourth-order valence-electron chi connectivity index (χ4n) is 4.19. The van der Waals surface area contributed by atoms with E-state index in [1.54, 1.807) is 10.6 Å². The molecule has 1 aromatic carbocycles. The van der Waals surface area contributed by atoms with E-state index in [2.05, 4.69) is 19.9 Å². The van der Waals surface area contributed by atoms with Gasteiger partial charge in [0.1, 0.15) is 12.1 Å². The molecule has 1 N–H and O–H groups in total. The van der Waals surface area contributed by atoms with E-state index >= 15 is 0 Å². The van der Waals surface area contributed by atoms with Gasteiger partial charge in [0.2, 0.25) is 10.0 Å². The maximum atomic E-state index is 13.1. The first-order chi connectivity index (χ1) is 13.4. The minimum absolute atomic E-state index is 0.167. The van der Waals surface area contributed by atoms with Crippen LogP contribution in [0, 0.1) is 18.8 Å². The number of fused-ring (bicyclic) bond motifs is 2. The highest BCUT2D eigenvalue weighted by molar-refractivity contribution is 7.89. The van der Waals surface area contributed by atoms with Gasteiger partial charge in [-0.3, -0.25) is 4.98 Å². The first kappa shape index (κ1) is 17.4. The van der Waals surface area contributed by atoms with Crippen molar-refractivity contribution in [2.75, 3.05) is 31.1 Å². The minimum atomic E-state index is -3.63. The van der Waals surface area contributed by atoms with Crippen LogP contribution in [0.15, 0.2) is 44.7 Å². The molecule has 2 aromatic heterocycles. The fourth-order valence-corrected chi connectivity index (χ4v) is 5.77. The third kappa shape index (κ3) is 2.80. The number of nitrogens with zero attached hydrogens (tertiary/aromatic N) is 4. The van der Waals surface area contributed by atoms with Gasteiger partial charge in [0, 0.05) is 37.9 Å². The van der Waals surface area contributed by atoms with E-state index in [-0.39, 0.29) is 16.7 Å². The van der Waals surface area contributed by atoms with Gasteiger partial charge in [0.15, 0.2) is 5.58 Å². The topological polar surface area (TPSA) is 112 Å². The molecule has 9 nitrogen and oxygen atoms in total. The molecule has 5 rings (SSSR count). The Bertz CT molecular complexity index is 1200. The second kappa shape index (κ2) is 6.14. The van der Waals surface area contributed by atoms with Crippen molar-refractivity contribution in [3.05, 3.63) is 46.8 Å². The largest absolute Gasteiger partial charge is 0.417 e. The molecule has 146 valence electrons. The van der Waals surface area contributed by atoms with Crippen molar-refractivity contribution in [1.82, 2.24) is 19.3 Å². The van der Waals surface area contributed by atoms with E-state index in [1.807, 2.05) is 13.0 Å². The van der Waals surface area contributed by atoms with Crippen molar-refractivity contribution < 1.29 is 12.8 Å². The molecule has 10 heteroatoms. The van der Waals surface area contributed by atoms with Crippen LogP contribution in [0.2, 0.25) is 0 Å². The van der Waals surface area contributed by atoms with Crippen LogP contribution in [0.5, 0.6) is 0 Å². The Balaban J connectivity index is 1.35. The zero-order chi connectivity index (χ0) is 19.5. The molecular weight excluding hydrogens is 382 g/mol. The Morgan fingerprint density at radius 2 is 1.86 bits per heavy atom. The van der Waals surface area contributed by atoms with Gasteiger partial charge in [-0.05, 0) is 37.0 Å². The number of H-pyrrole nitrogens is 1. The lowest BCUT2D eigenvalue weighted by Crippen LogP contribution is -2.33. The monoisotopic (exact) mass is 401 g/mol. The highest BCUT2D eigenvalue weighted by Gasteiger charge is 2.44. The van der Waals surface area contributed by atoms with Crippen LogP contribution < -0.4 is 10.7 Å². The van der Waals surface area contributed by atoms with Crippen molar-refractivity contribution in [2.24, 2.45) is 11.8 Å². The number of aryl methyl sites for hydroxylation is 1. The lowest BCUT2D eigenvalue weighted by molar-refractivity contribution is 0.453. The molecular formula is C18H19N5O4S. The van der Waals surface area contributed by atoms with Gasteiger partial charge >= 0.3 is 5.76 Å². The van der Waals surface area contributed by atoms with E-state index in [4.69, 9.17) is 4.42 Å². The number of aromatic amines is 1. The normalized spacial score (nSPS) is 22.8. The van der Waals surface area contributed by atoms with Gasteiger partial charge < -0.3 is 9.32 Å². The number of aromatic nitrogens is 3. The standard InChI is InChI=1S/C18H19N5O4S/c1-11-4-17(20-10-19-11)22-6-12-8-23(9-13(12)7-22)28(25,26)14-2-3-16-15(5-14)21-18(24)27-16/h2-5,10,12-13H,6-9H2,1H3,(H,21,24). The SMILES string of the molecule is Cc1cc(N2CC3CN(S(=O)(=O)c4ccc5oc(=O)[nH]c5c4)CC3C2)ncn1. The van der Waals surface area contributed by atoms with Gasteiger partial charge in [-0.15, -0.1) is 0 Å². The van der Waals surface area contributed by atoms with Crippen LogP contribution in [0.1, 0.15) is 5.69 Å². The lowest BCUT2D eigenvalue weighted by Gasteiger charge is -2.22. The van der Waals surface area contributed by atoms with E-state index < -0.39 is 15.8 Å². The smallest absolute Gasteiger partial charge is 0.408 e. The molecule has 28 heavy (non-hydrogen) atoms. The molecule has 0 amide bonds. The van der Waals surface area contributed by atoms with Crippen LogP contribution in [0.4, 0.5) is 5.82 Å². The molecule has 2 aliphatic heterocycles. The third-order valence-electron chi connectivity index (χ3n) is 5.59. The Kier molecular flexibility index (Phi) is 3.81. The van der Waals surface area contributed by atoms with E-state index in [0.29, 0.717) is 24.2 Å². The molecule has 2 saturated heterocycles. The molecule has 4 heterocycles. The number of hydrogen-bond donors (Lipinski definition) is 1. The molecule has 0 spiro atoms. The highest BCUT2D eigenvalue weighted by Crippen LogP contribution is 2.36. The average molecular weight is 401 g/mol. The number of oxazole rings is 1. The summed E-state index contributed by atoms with van der Waals surface area (Å²) < 4.78 is 32.7. The van der Waals surface area contributed by atoms with Gasteiger partial charge in [0.25, 0.3) is 0 Å². The summed E-state index contributed by atoms with van der Waals surface area (Å²) in [7, 11) is -3.63. The number of sulfonamides is 1. The molecule has 2 aliphatic rings. The Morgan fingerprint density at radius 1 is 1.11 bits per heavy atom. The summed E-state index contributed by atoms with van der Waals surface area (Å²) in [6, 6.07) is 6.41. The van der Waals surface area contributed by atoms with Gasteiger partial charge in [-0.1, -0.05) is 0 Å². The molecule has 2 fully saturated rings. The molecule has 0 bridgehead atoms. The highest BCUT2D eigenvalue weighted by atomic mass is 32.2. The van der Waals surface area contributed by atoms with Gasteiger partial charge in [0.05, 0.1) is 10.4 Å². The number of hydrogen-bond acceptors (Lipinski definition) is 7. The minimum Gasteiger partial charge on any atom is -0.408 e. The van der Waals surface area contributed by atoms with Crippen LogP contribution in [-0.4, -0.2) is 53.9 Å². The zero-order valence-electron chi connectivity index (χ0n) is 15.2. The van der Waals surface area contributed by atoms with Crippen LogP contribution in [0.3, 0.4) is 0 Å². The number of benzene rings is 1. The maximum Gasteiger partial charge on any atom is 0.417 e. The Morgan fingerprint density at radius 3 is 2.57 bits per heavy atom. The summed E-state index contributed by atoms with van der Waals surface area (Å²) in [5.74, 6) is 0.830. The molecule has 0 saturated carbocycles. The predicted molar refractivity (Wildman–Crippen MR) is 102 cm³/mol. The molecule has 0 aliphatic carbocycles. The first-order valence-electron chi connectivity index (χ1n) is 9.07. The second-order valence-corrected chi connectivity index (χ2v) is 9.38. The summed E-state index contributed by atoms with van der Waals surface area (Å²) in [6.07, 6.45) is 1.56. The van der Waals surface area contributed by atoms with Crippen LogP contribution in [-0.2, 0) is 10.0 Å². The summed E-state index contributed by atoms with van der Waals surface area (Å²) in [4.78, 5) is 24.7. The van der Waals surface area contributed by atoms with E-state index in [9.17, 15) is 13.2 Å². The van der Waals surface area contributed by atoms with Crippen LogP contribution >= 0.6 is 0 Å². The van der Waals surface area contributed by atoms with E-state index in [1.165, 1.54) is 18.2 Å². The molecule has 0 radical (unpaired) electrons. The summed E-state index contributed by atoms with van der Waals surface area (Å²) >= 11 is 0. The Hall–Kier alpha value is -2.72. The van der Waals surface area contributed by atoms with Crippen molar-refractivity contribution >= 4 is 26.9 Å². The Labute approximate surface area is 161 Å². The maximum absolute atomic E-state index is 13.1. The van der Waals surface area contributed by atoms with Crippen molar-refractivity contribution in [2.45, 2.75) is 11.8 Å². The number of rotatable bonds is 3. The molecule has 2 atom stereocenters. The van der Waals surface area contributed by atoms with E-state index in [0.717, 1.165) is 24.6 Å². The molecule has 3 aromatic rings. The lowest BCUT2D eigenvalue weighted by atomic mass is 10.0. The van der Waals surface area contributed by atoms with Gasteiger partial charge in [-0.25, -0.2) is 23.2 Å². The molecule has 2 unspecified atom stereocenters. The number of nitrogens with one attached hydrogen (secondary N) is 1. The number of anilines is 1. The summed E-state index contributed by atoms with van der Waals surface area (Å²) in [5, 5.41) is 0. The van der Waals surface area contributed by atoms with Crippen LogP contribution in [0.25, 0.3) is 11.1 Å². The fraction of sp³-hybridized carbons (Fsp3) is 0.389. The summed E-state index contributed by atoms with van der Waals surface area (Å²) in [5.41, 5.74) is 1.65.